The van der Waals surface area contributed by atoms with Crippen LogP contribution in [-0.2, 0) is 16.4 Å². The van der Waals surface area contributed by atoms with Gasteiger partial charge < -0.3 is 5.32 Å². The van der Waals surface area contributed by atoms with Gasteiger partial charge in [0.05, 0.1) is 23.7 Å². The Hall–Kier alpha value is -2.15. The van der Waals surface area contributed by atoms with Crippen molar-refractivity contribution >= 4 is 15.7 Å². The van der Waals surface area contributed by atoms with E-state index in [0.29, 0.717) is 25.1 Å². The van der Waals surface area contributed by atoms with Crippen molar-refractivity contribution in [3.63, 3.8) is 0 Å². The van der Waals surface area contributed by atoms with Crippen molar-refractivity contribution in [3.8, 4) is 0 Å². The van der Waals surface area contributed by atoms with E-state index in [1.54, 1.807) is 6.07 Å². The summed E-state index contributed by atoms with van der Waals surface area (Å²) < 4.78 is 24.9. The quantitative estimate of drug-likeness (QED) is 0.879. The molecule has 1 fully saturated rings. The van der Waals surface area contributed by atoms with E-state index in [9.17, 15) is 13.2 Å². The molecule has 134 valence electrons. The van der Waals surface area contributed by atoms with Gasteiger partial charge in [-0.05, 0) is 49.9 Å². The minimum Gasteiger partial charge on any atom is -0.352 e. The smallest absolute Gasteiger partial charge is 0.251 e. The third kappa shape index (κ3) is 4.48. The van der Waals surface area contributed by atoms with Crippen molar-refractivity contribution in [1.29, 1.82) is 0 Å². The zero-order valence-electron chi connectivity index (χ0n) is 14.5. The van der Waals surface area contributed by atoms with Crippen LogP contribution in [0.1, 0.15) is 33.7 Å². The van der Waals surface area contributed by atoms with E-state index in [0.717, 1.165) is 17.0 Å². The molecule has 25 heavy (non-hydrogen) atoms. The van der Waals surface area contributed by atoms with Gasteiger partial charge in [0.2, 0.25) is 0 Å². The maximum atomic E-state index is 12.4. The number of hydrogen-bond acceptors (Lipinski definition) is 4. The first kappa shape index (κ1) is 17.7. The predicted octanol–water partition coefficient (Wildman–Crippen LogP) is 1.71. The molecule has 6 nitrogen and oxygen atoms in total. The highest BCUT2D eigenvalue weighted by atomic mass is 32.2. The van der Waals surface area contributed by atoms with Crippen molar-refractivity contribution in [2.45, 2.75) is 26.8 Å². The van der Waals surface area contributed by atoms with Gasteiger partial charge in [-0.25, -0.2) is 8.42 Å². The van der Waals surface area contributed by atoms with Crippen LogP contribution in [-0.4, -0.2) is 42.2 Å². The van der Waals surface area contributed by atoms with Crippen molar-refractivity contribution in [1.82, 2.24) is 15.1 Å². The lowest BCUT2D eigenvalue weighted by molar-refractivity contribution is 0.0948. The number of aromatic nitrogens is 2. The zero-order chi connectivity index (χ0) is 18.0. The van der Waals surface area contributed by atoms with Crippen LogP contribution >= 0.6 is 0 Å². The molecule has 1 N–H and O–H groups in total. The summed E-state index contributed by atoms with van der Waals surface area (Å²) >= 11 is 0. The summed E-state index contributed by atoms with van der Waals surface area (Å²) in [6, 6.07) is 9.47. The summed E-state index contributed by atoms with van der Waals surface area (Å²) in [6.45, 7) is 4.98. The minimum absolute atomic E-state index is 0.0202. The largest absolute Gasteiger partial charge is 0.352 e. The monoisotopic (exact) mass is 361 g/mol. The van der Waals surface area contributed by atoms with Gasteiger partial charge in [-0.1, -0.05) is 12.1 Å². The third-order valence-corrected chi connectivity index (χ3v) is 6.34. The molecule has 1 unspecified atom stereocenters. The first-order chi connectivity index (χ1) is 11.8. The van der Waals surface area contributed by atoms with E-state index in [2.05, 4.69) is 10.4 Å². The zero-order valence-corrected chi connectivity index (χ0v) is 15.3. The summed E-state index contributed by atoms with van der Waals surface area (Å²) in [5, 5.41) is 7.30. The maximum Gasteiger partial charge on any atom is 0.251 e. The van der Waals surface area contributed by atoms with Gasteiger partial charge in [0.15, 0.2) is 9.84 Å². The summed E-state index contributed by atoms with van der Waals surface area (Å²) in [6.07, 6.45) is 0.626. The highest BCUT2D eigenvalue weighted by Crippen LogP contribution is 2.17. The molecule has 3 rings (SSSR count). The molecule has 0 bridgehead atoms. The lowest BCUT2D eigenvalue weighted by atomic mass is 10.1. The summed E-state index contributed by atoms with van der Waals surface area (Å²) in [5.74, 6) is 0.253. The highest BCUT2D eigenvalue weighted by Gasteiger charge is 2.27. The maximum absolute atomic E-state index is 12.4. The summed E-state index contributed by atoms with van der Waals surface area (Å²) in [4.78, 5) is 12.4. The predicted molar refractivity (Wildman–Crippen MR) is 96.3 cm³/mol. The Morgan fingerprint density at radius 2 is 2.12 bits per heavy atom. The van der Waals surface area contributed by atoms with E-state index >= 15 is 0 Å². The standard InChI is InChI=1S/C18H23N3O3S/c1-13-8-14(2)21(20-13)11-15-4-3-5-17(9-15)18(22)19-10-16-6-7-25(23,24)12-16/h3-5,8-9,16H,6-7,10-12H2,1-2H3,(H,19,22). The van der Waals surface area contributed by atoms with Gasteiger partial charge in [-0.2, -0.15) is 5.10 Å². The number of benzene rings is 1. The van der Waals surface area contributed by atoms with Gasteiger partial charge in [0, 0.05) is 17.8 Å². The van der Waals surface area contributed by atoms with Crippen LogP contribution < -0.4 is 5.32 Å². The van der Waals surface area contributed by atoms with Crippen LogP contribution in [0.5, 0.6) is 0 Å². The minimum atomic E-state index is -2.91. The van der Waals surface area contributed by atoms with Gasteiger partial charge in [-0.3, -0.25) is 9.48 Å². The Bertz CT molecular complexity index is 887. The molecule has 7 heteroatoms. The number of carbonyl (C=O) groups excluding carboxylic acids is 1. The van der Waals surface area contributed by atoms with Crippen LogP contribution in [0, 0.1) is 19.8 Å². The van der Waals surface area contributed by atoms with Gasteiger partial charge >= 0.3 is 0 Å². The molecule has 0 saturated carbocycles. The molecule has 1 amide bonds. The lowest BCUT2D eigenvalue weighted by Crippen LogP contribution is -2.29. The third-order valence-electron chi connectivity index (χ3n) is 4.50. The molecular weight excluding hydrogens is 338 g/mol. The molecule has 0 spiro atoms. The number of rotatable bonds is 5. The molecular formula is C18H23N3O3S. The van der Waals surface area contributed by atoms with Crippen molar-refractivity contribution in [2.75, 3.05) is 18.1 Å². The molecule has 1 aliphatic heterocycles. The van der Waals surface area contributed by atoms with Crippen molar-refractivity contribution < 1.29 is 13.2 Å². The van der Waals surface area contributed by atoms with Gasteiger partial charge in [0.1, 0.15) is 0 Å². The SMILES string of the molecule is Cc1cc(C)n(Cc2cccc(C(=O)NCC3CCS(=O)(=O)C3)c2)n1. The summed E-state index contributed by atoms with van der Waals surface area (Å²) in [5.41, 5.74) is 3.63. The van der Waals surface area contributed by atoms with Crippen LogP contribution in [0.15, 0.2) is 30.3 Å². The number of hydrogen-bond donors (Lipinski definition) is 1. The van der Waals surface area contributed by atoms with Crippen LogP contribution in [0.25, 0.3) is 0 Å². The van der Waals surface area contributed by atoms with Crippen LogP contribution in [0.4, 0.5) is 0 Å². The Morgan fingerprint density at radius 3 is 2.76 bits per heavy atom. The van der Waals surface area contributed by atoms with E-state index in [1.165, 1.54) is 0 Å². The first-order valence-electron chi connectivity index (χ1n) is 8.41. The molecule has 1 aromatic carbocycles. The summed E-state index contributed by atoms with van der Waals surface area (Å²) in [7, 11) is -2.91. The molecule has 1 atom stereocenters. The Labute approximate surface area is 148 Å². The molecule has 1 aliphatic rings. The second-order valence-corrected chi connectivity index (χ2v) is 8.99. The Kier molecular flexibility index (Phi) is 4.94. The van der Waals surface area contributed by atoms with E-state index < -0.39 is 9.84 Å². The second-order valence-electron chi connectivity index (χ2n) is 6.76. The fraction of sp³-hybridized carbons (Fsp3) is 0.444. The molecule has 0 aliphatic carbocycles. The van der Waals surface area contributed by atoms with Crippen LogP contribution in [0.3, 0.4) is 0 Å². The molecule has 1 aromatic heterocycles. The fourth-order valence-electron chi connectivity index (χ4n) is 3.19. The number of nitrogens with zero attached hydrogens (tertiary/aromatic N) is 2. The average Bonchev–Trinajstić information content (AvgIpc) is 3.06. The van der Waals surface area contributed by atoms with E-state index in [-0.39, 0.29) is 23.3 Å². The number of aryl methyl sites for hydroxylation is 2. The second kappa shape index (κ2) is 7.00. The molecule has 1 saturated heterocycles. The number of sulfone groups is 1. The normalized spacial score (nSPS) is 19.0. The van der Waals surface area contributed by atoms with Crippen LogP contribution in [0.2, 0.25) is 0 Å². The first-order valence-corrected chi connectivity index (χ1v) is 10.2. The lowest BCUT2D eigenvalue weighted by Gasteiger charge is -2.11. The molecule has 2 aromatic rings. The average molecular weight is 361 g/mol. The fourth-order valence-corrected chi connectivity index (χ4v) is 5.05. The molecule has 0 radical (unpaired) electrons. The highest BCUT2D eigenvalue weighted by molar-refractivity contribution is 7.91. The van der Waals surface area contributed by atoms with E-state index in [4.69, 9.17) is 0 Å². The number of nitrogens with one attached hydrogen (secondary N) is 1. The van der Waals surface area contributed by atoms with Crippen molar-refractivity contribution in [2.24, 2.45) is 5.92 Å². The van der Waals surface area contributed by atoms with Crippen molar-refractivity contribution in [3.05, 3.63) is 52.8 Å². The van der Waals surface area contributed by atoms with E-state index in [1.807, 2.05) is 42.8 Å². The number of amides is 1. The topological polar surface area (TPSA) is 81.1 Å². The number of carbonyl (C=O) groups is 1. The Morgan fingerprint density at radius 1 is 1.32 bits per heavy atom. The molecule has 2 heterocycles. The van der Waals surface area contributed by atoms with Gasteiger partial charge in [-0.15, -0.1) is 0 Å². The van der Waals surface area contributed by atoms with Gasteiger partial charge in [0.25, 0.3) is 5.91 Å². The Balaban J connectivity index is 1.62.